The van der Waals surface area contributed by atoms with Gasteiger partial charge in [-0.25, -0.2) is 0 Å². The third-order valence-electron chi connectivity index (χ3n) is 9.47. The standard InChI is InChI=1S/C50H42N4/c1-38-14-12-22-49(36-38)53(42-18-8-4-9-19-42)47-32-28-45(29-33-47)52(44-26-24-41(25-27-44)51-40-16-6-3-7-17-40)46-30-34-48(35-31-46)54(43-20-10-5-11-21-43)50-23-13-15-39(2)37-50/h3-37,51H,1-2H3. The third-order valence-corrected chi connectivity index (χ3v) is 9.47. The monoisotopic (exact) mass is 698 g/mol. The summed E-state index contributed by atoms with van der Waals surface area (Å²) in [5, 5.41) is 3.53. The fourth-order valence-electron chi connectivity index (χ4n) is 6.91. The summed E-state index contributed by atoms with van der Waals surface area (Å²) in [6.07, 6.45) is 0. The number of para-hydroxylation sites is 3. The number of benzene rings is 8. The van der Waals surface area contributed by atoms with Crippen molar-refractivity contribution in [3.05, 3.63) is 223 Å². The normalized spacial score (nSPS) is 10.8. The molecule has 8 aromatic rings. The first-order valence-electron chi connectivity index (χ1n) is 18.4. The first-order valence-corrected chi connectivity index (χ1v) is 18.4. The molecule has 0 amide bonds. The molecule has 1 N–H and O–H groups in total. The molecule has 8 aromatic carbocycles. The molecule has 0 aliphatic rings. The van der Waals surface area contributed by atoms with E-state index in [1.807, 2.05) is 18.2 Å². The molecular formula is C50H42N4. The minimum absolute atomic E-state index is 1.03. The SMILES string of the molecule is Cc1cccc(N(c2ccccc2)c2ccc(N(c3ccc(Nc4ccccc4)cc3)c3ccc(N(c4ccccc4)c4cccc(C)c4)cc3)cc2)c1. The summed E-state index contributed by atoms with van der Waals surface area (Å²) in [5.41, 5.74) is 14.4. The Kier molecular flexibility index (Phi) is 9.90. The minimum atomic E-state index is 1.03. The Morgan fingerprint density at radius 3 is 0.907 bits per heavy atom. The summed E-state index contributed by atoms with van der Waals surface area (Å²) < 4.78 is 0. The Morgan fingerprint density at radius 1 is 0.259 bits per heavy atom. The van der Waals surface area contributed by atoms with Gasteiger partial charge in [0.25, 0.3) is 0 Å². The van der Waals surface area contributed by atoms with Crippen LogP contribution in [0.25, 0.3) is 0 Å². The van der Waals surface area contributed by atoms with Gasteiger partial charge in [0.1, 0.15) is 0 Å². The number of hydrogen-bond donors (Lipinski definition) is 1. The summed E-state index contributed by atoms with van der Waals surface area (Å²) in [5.74, 6) is 0. The van der Waals surface area contributed by atoms with Crippen LogP contribution in [-0.2, 0) is 0 Å². The zero-order valence-electron chi connectivity index (χ0n) is 30.5. The van der Waals surface area contributed by atoms with Crippen LogP contribution in [0.4, 0.5) is 62.6 Å². The first-order chi connectivity index (χ1) is 26.6. The zero-order valence-corrected chi connectivity index (χ0v) is 30.5. The Morgan fingerprint density at radius 2 is 0.537 bits per heavy atom. The molecule has 0 radical (unpaired) electrons. The lowest BCUT2D eigenvalue weighted by Gasteiger charge is -2.29. The highest BCUT2D eigenvalue weighted by atomic mass is 15.2. The summed E-state index contributed by atoms with van der Waals surface area (Å²) >= 11 is 0. The Balaban J connectivity index is 1.18. The highest BCUT2D eigenvalue weighted by Crippen LogP contribution is 2.41. The lowest BCUT2D eigenvalue weighted by Crippen LogP contribution is -2.13. The molecule has 0 fully saturated rings. The van der Waals surface area contributed by atoms with Crippen LogP contribution in [0.2, 0.25) is 0 Å². The van der Waals surface area contributed by atoms with Crippen LogP contribution in [-0.4, -0.2) is 0 Å². The van der Waals surface area contributed by atoms with Crippen LogP contribution in [0.1, 0.15) is 11.1 Å². The maximum atomic E-state index is 3.53. The van der Waals surface area contributed by atoms with Gasteiger partial charge >= 0.3 is 0 Å². The molecule has 0 aromatic heterocycles. The van der Waals surface area contributed by atoms with E-state index in [9.17, 15) is 0 Å². The Hall–Kier alpha value is -7.04. The van der Waals surface area contributed by atoms with E-state index in [1.54, 1.807) is 0 Å². The smallest absolute Gasteiger partial charge is 0.0464 e. The van der Waals surface area contributed by atoms with Crippen molar-refractivity contribution in [3.63, 3.8) is 0 Å². The molecule has 0 heterocycles. The van der Waals surface area contributed by atoms with Crippen molar-refractivity contribution in [2.75, 3.05) is 20.0 Å². The zero-order chi connectivity index (χ0) is 36.7. The number of rotatable bonds is 11. The van der Waals surface area contributed by atoms with E-state index in [1.165, 1.54) is 11.1 Å². The Bertz CT molecular complexity index is 2280. The van der Waals surface area contributed by atoms with E-state index >= 15 is 0 Å². The van der Waals surface area contributed by atoms with Gasteiger partial charge in [0.2, 0.25) is 0 Å². The highest BCUT2D eigenvalue weighted by molar-refractivity contribution is 5.84. The fourth-order valence-corrected chi connectivity index (χ4v) is 6.91. The molecule has 0 saturated carbocycles. The van der Waals surface area contributed by atoms with E-state index in [4.69, 9.17) is 0 Å². The topological polar surface area (TPSA) is 21.8 Å². The lowest BCUT2D eigenvalue weighted by molar-refractivity contribution is 1.24. The molecule has 0 aliphatic heterocycles. The molecule has 8 rings (SSSR count). The van der Waals surface area contributed by atoms with Crippen LogP contribution < -0.4 is 20.0 Å². The molecule has 0 saturated heterocycles. The number of hydrogen-bond acceptors (Lipinski definition) is 4. The highest BCUT2D eigenvalue weighted by Gasteiger charge is 2.18. The summed E-state index contributed by atoms with van der Waals surface area (Å²) in [6, 6.07) is 75.1. The van der Waals surface area contributed by atoms with Gasteiger partial charge in [-0.3, -0.25) is 0 Å². The maximum Gasteiger partial charge on any atom is 0.0464 e. The number of anilines is 11. The second kappa shape index (κ2) is 15.7. The fraction of sp³-hybridized carbons (Fsp3) is 0.0400. The van der Waals surface area contributed by atoms with E-state index in [0.717, 1.165) is 62.6 Å². The summed E-state index contributed by atoms with van der Waals surface area (Å²) in [4.78, 5) is 6.94. The van der Waals surface area contributed by atoms with Gasteiger partial charge in [-0.1, -0.05) is 78.9 Å². The molecular weight excluding hydrogens is 657 g/mol. The average Bonchev–Trinajstić information content (AvgIpc) is 3.21. The summed E-state index contributed by atoms with van der Waals surface area (Å²) in [6.45, 7) is 4.28. The van der Waals surface area contributed by atoms with Crippen LogP contribution in [0.5, 0.6) is 0 Å². The third kappa shape index (κ3) is 7.59. The molecule has 0 unspecified atom stereocenters. The van der Waals surface area contributed by atoms with Gasteiger partial charge in [-0.15, -0.1) is 0 Å². The summed E-state index contributed by atoms with van der Waals surface area (Å²) in [7, 11) is 0. The van der Waals surface area contributed by atoms with Crippen molar-refractivity contribution >= 4 is 62.6 Å². The van der Waals surface area contributed by atoms with Gasteiger partial charge in [0, 0.05) is 62.6 Å². The first kappa shape index (κ1) is 34.1. The van der Waals surface area contributed by atoms with Gasteiger partial charge in [0.05, 0.1) is 0 Å². The van der Waals surface area contributed by atoms with Gasteiger partial charge in [0.15, 0.2) is 0 Å². The maximum absolute atomic E-state index is 3.53. The molecule has 4 heteroatoms. The van der Waals surface area contributed by atoms with Crippen LogP contribution in [0, 0.1) is 13.8 Å². The van der Waals surface area contributed by atoms with Crippen LogP contribution in [0.3, 0.4) is 0 Å². The predicted molar refractivity (Wildman–Crippen MR) is 230 cm³/mol. The van der Waals surface area contributed by atoms with E-state index in [0.29, 0.717) is 0 Å². The van der Waals surface area contributed by atoms with Crippen molar-refractivity contribution in [2.45, 2.75) is 13.8 Å². The number of nitrogens with one attached hydrogen (secondary N) is 1. The largest absolute Gasteiger partial charge is 0.356 e. The lowest BCUT2D eigenvalue weighted by atomic mass is 10.1. The van der Waals surface area contributed by atoms with Crippen molar-refractivity contribution < 1.29 is 0 Å². The van der Waals surface area contributed by atoms with Crippen molar-refractivity contribution in [3.8, 4) is 0 Å². The molecule has 0 bridgehead atoms. The number of aryl methyl sites for hydroxylation is 2. The van der Waals surface area contributed by atoms with Crippen molar-refractivity contribution in [1.29, 1.82) is 0 Å². The quantitative estimate of drug-likeness (QED) is 0.145. The second-order valence-corrected chi connectivity index (χ2v) is 13.4. The van der Waals surface area contributed by atoms with Crippen molar-refractivity contribution in [2.24, 2.45) is 0 Å². The van der Waals surface area contributed by atoms with Gasteiger partial charge in [-0.2, -0.15) is 0 Å². The molecule has 0 spiro atoms. The van der Waals surface area contributed by atoms with E-state index in [2.05, 4.69) is 228 Å². The molecule has 54 heavy (non-hydrogen) atoms. The van der Waals surface area contributed by atoms with E-state index < -0.39 is 0 Å². The van der Waals surface area contributed by atoms with Crippen LogP contribution >= 0.6 is 0 Å². The molecule has 0 aliphatic carbocycles. The Labute approximate surface area is 318 Å². The molecule has 262 valence electrons. The van der Waals surface area contributed by atoms with E-state index in [-0.39, 0.29) is 0 Å². The molecule has 0 atom stereocenters. The van der Waals surface area contributed by atoms with Crippen molar-refractivity contribution in [1.82, 2.24) is 0 Å². The molecule has 4 nitrogen and oxygen atoms in total. The number of nitrogens with zero attached hydrogens (tertiary/aromatic N) is 3. The van der Waals surface area contributed by atoms with Gasteiger partial charge < -0.3 is 20.0 Å². The predicted octanol–water partition coefficient (Wildman–Crippen LogP) is 14.5. The average molecular weight is 699 g/mol. The second-order valence-electron chi connectivity index (χ2n) is 13.4. The van der Waals surface area contributed by atoms with Crippen LogP contribution in [0.15, 0.2) is 212 Å². The van der Waals surface area contributed by atoms with Gasteiger partial charge in [-0.05, 0) is 158 Å². The minimum Gasteiger partial charge on any atom is -0.356 e.